The number of benzene rings is 1. The first-order valence-electron chi connectivity index (χ1n) is 5.34. The summed E-state index contributed by atoms with van der Waals surface area (Å²) in [5.41, 5.74) is 0.641. The first kappa shape index (κ1) is 13.8. The second-order valence-electron chi connectivity index (χ2n) is 3.95. The summed E-state index contributed by atoms with van der Waals surface area (Å²) >= 11 is 11.3. The molecule has 4 heteroatoms. The lowest BCUT2D eigenvalue weighted by molar-refractivity contribution is 0.494. The lowest BCUT2D eigenvalue weighted by Crippen LogP contribution is -2.21. The van der Waals surface area contributed by atoms with Crippen LogP contribution >= 0.6 is 23.2 Å². The van der Waals surface area contributed by atoms with Crippen molar-refractivity contribution in [3.05, 3.63) is 34.6 Å². The van der Waals surface area contributed by atoms with E-state index in [4.69, 9.17) is 23.2 Å². The maximum atomic E-state index is 13.4. The molecule has 0 aliphatic rings. The molecule has 90 valence electrons. The minimum Gasteiger partial charge on any atom is -0.312 e. The van der Waals surface area contributed by atoms with Gasteiger partial charge in [0.2, 0.25) is 0 Å². The first-order chi connectivity index (χ1) is 7.63. The molecule has 1 nitrogen and oxygen atoms in total. The van der Waals surface area contributed by atoms with Crippen molar-refractivity contribution in [1.29, 1.82) is 0 Å². The van der Waals surface area contributed by atoms with Crippen LogP contribution in [0, 0.1) is 11.7 Å². The number of nitrogens with one attached hydrogen (secondary N) is 1. The zero-order chi connectivity index (χ0) is 12.0. The standard InChI is InChI=1S/C12H16Cl2FN/c1-9(4-5-13)7-16-8-10-2-3-11(14)6-12(10)15/h2-3,6,9,16H,4-5,7-8H2,1H3. The van der Waals surface area contributed by atoms with Crippen LogP contribution in [0.25, 0.3) is 0 Å². The normalized spacial score (nSPS) is 12.8. The van der Waals surface area contributed by atoms with Crippen LogP contribution in [0.1, 0.15) is 18.9 Å². The average Bonchev–Trinajstić information content (AvgIpc) is 2.22. The highest BCUT2D eigenvalue weighted by Crippen LogP contribution is 2.14. The third kappa shape index (κ3) is 4.69. The smallest absolute Gasteiger partial charge is 0.129 e. The van der Waals surface area contributed by atoms with Crippen LogP contribution in [0.2, 0.25) is 5.02 Å². The number of halogens is 3. The lowest BCUT2D eigenvalue weighted by atomic mass is 10.1. The van der Waals surface area contributed by atoms with Gasteiger partial charge < -0.3 is 5.32 Å². The van der Waals surface area contributed by atoms with E-state index >= 15 is 0 Å². The molecule has 0 saturated heterocycles. The van der Waals surface area contributed by atoms with Gasteiger partial charge in [-0.3, -0.25) is 0 Å². The summed E-state index contributed by atoms with van der Waals surface area (Å²) in [6, 6.07) is 4.74. The van der Waals surface area contributed by atoms with Gasteiger partial charge in [0.1, 0.15) is 5.82 Å². The molecule has 0 fully saturated rings. The van der Waals surface area contributed by atoms with Gasteiger partial charge in [0, 0.05) is 23.0 Å². The second kappa shape index (κ2) is 7.10. The average molecular weight is 264 g/mol. The SMILES string of the molecule is CC(CCCl)CNCc1ccc(Cl)cc1F. The molecule has 0 radical (unpaired) electrons. The Balaban J connectivity index is 2.37. The van der Waals surface area contributed by atoms with Gasteiger partial charge in [0.25, 0.3) is 0 Å². The molecule has 1 aromatic rings. The third-order valence-electron chi connectivity index (χ3n) is 2.43. The van der Waals surface area contributed by atoms with Crippen molar-refractivity contribution in [2.75, 3.05) is 12.4 Å². The molecule has 1 N–H and O–H groups in total. The maximum Gasteiger partial charge on any atom is 0.129 e. The number of hydrogen-bond donors (Lipinski definition) is 1. The Morgan fingerprint density at radius 1 is 1.44 bits per heavy atom. The Labute approximate surface area is 106 Å². The number of rotatable bonds is 6. The fraction of sp³-hybridized carbons (Fsp3) is 0.500. The molecule has 0 spiro atoms. The van der Waals surface area contributed by atoms with Crippen LogP contribution < -0.4 is 5.32 Å². The fourth-order valence-corrected chi connectivity index (χ4v) is 1.94. The van der Waals surface area contributed by atoms with Crippen LogP contribution in [0.4, 0.5) is 4.39 Å². The highest BCUT2D eigenvalue weighted by molar-refractivity contribution is 6.30. The van der Waals surface area contributed by atoms with Gasteiger partial charge >= 0.3 is 0 Å². The molecule has 0 aliphatic carbocycles. The van der Waals surface area contributed by atoms with Crippen LogP contribution in [-0.4, -0.2) is 12.4 Å². The van der Waals surface area contributed by atoms with Crippen molar-refractivity contribution in [3.63, 3.8) is 0 Å². The van der Waals surface area contributed by atoms with E-state index in [1.165, 1.54) is 6.07 Å². The van der Waals surface area contributed by atoms with E-state index in [2.05, 4.69) is 12.2 Å². The van der Waals surface area contributed by atoms with Crippen molar-refractivity contribution in [3.8, 4) is 0 Å². The lowest BCUT2D eigenvalue weighted by Gasteiger charge is -2.11. The van der Waals surface area contributed by atoms with Crippen molar-refractivity contribution >= 4 is 23.2 Å². The van der Waals surface area contributed by atoms with Crippen molar-refractivity contribution in [1.82, 2.24) is 5.32 Å². The van der Waals surface area contributed by atoms with E-state index in [0.717, 1.165) is 13.0 Å². The Bertz CT molecular complexity index is 331. The van der Waals surface area contributed by atoms with Gasteiger partial charge in [-0.15, -0.1) is 11.6 Å². The first-order valence-corrected chi connectivity index (χ1v) is 6.25. The second-order valence-corrected chi connectivity index (χ2v) is 4.76. The predicted molar refractivity (Wildman–Crippen MR) is 67.6 cm³/mol. The van der Waals surface area contributed by atoms with Gasteiger partial charge in [-0.2, -0.15) is 0 Å². The molecule has 0 aromatic heterocycles. The highest BCUT2D eigenvalue weighted by Gasteiger charge is 2.04. The molecular weight excluding hydrogens is 248 g/mol. The quantitative estimate of drug-likeness (QED) is 0.770. The van der Waals surface area contributed by atoms with Crippen molar-refractivity contribution < 1.29 is 4.39 Å². The van der Waals surface area contributed by atoms with E-state index in [1.807, 2.05) is 0 Å². The minimum absolute atomic E-state index is 0.259. The molecule has 1 rings (SSSR count). The molecule has 0 saturated carbocycles. The topological polar surface area (TPSA) is 12.0 Å². The van der Waals surface area contributed by atoms with E-state index < -0.39 is 0 Å². The highest BCUT2D eigenvalue weighted by atomic mass is 35.5. The third-order valence-corrected chi connectivity index (χ3v) is 2.88. The van der Waals surface area contributed by atoms with E-state index in [0.29, 0.717) is 28.9 Å². The number of alkyl halides is 1. The zero-order valence-corrected chi connectivity index (χ0v) is 10.8. The molecule has 16 heavy (non-hydrogen) atoms. The molecule has 0 amide bonds. The van der Waals surface area contributed by atoms with Crippen LogP contribution in [0.15, 0.2) is 18.2 Å². The minimum atomic E-state index is -0.259. The monoisotopic (exact) mass is 263 g/mol. The fourth-order valence-electron chi connectivity index (χ4n) is 1.41. The van der Waals surface area contributed by atoms with Crippen LogP contribution in [-0.2, 0) is 6.54 Å². The molecule has 0 aliphatic heterocycles. The Kier molecular flexibility index (Phi) is 6.10. The summed E-state index contributed by atoms with van der Waals surface area (Å²) < 4.78 is 13.4. The zero-order valence-electron chi connectivity index (χ0n) is 9.27. The number of hydrogen-bond acceptors (Lipinski definition) is 1. The molecule has 1 aromatic carbocycles. The van der Waals surface area contributed by atoms with Gasteiger partial charge in [-0.1, -0.05) is 24.6 Å². The summed E-state index contributed by atoms with van der Waals surface area (Å²) in [5, 5.41) is 3.63. The van der Waals surface area contributed by atoms with Gasteiger partial charge in [0.05, 0.1) is 0 Å². The molecular formula is C12H16Cl2FN. The Morgan fingerprint density at radius 3 is 2.81 bits per heavy atom. The van der Waals surface area contributed by atoms with Crippen molar-refractivity contribution in [2.45, 2.75) is 19.9 Å². The summed E-state index contributed by atoms with van der Waals surface area (Å²) in [7, 11) is 0. The molecule has 1 unspecified atom stereocenters. The van der Waals surface area contributed by atoms with Gasteiger partial charge in [-0.25, -0.2) is 4.39 Å². The Morgan fingerprint density at radius 2 is 2.19 bits per heavy atom. The summed E-state index contributed by atoms with van der Waals surface area (Å²) in [5.74, 6) is 0.913. The summed E-state index contributed by atoms with van der Waals surface area (Å²) in [6.45, 7) is 3.48. The largest absolute Gasteiger partial charge is 0.312 e. The van der Waals surface area contributed by atoms with Gasteiger partial charge in [-0.05, 0) is 31.0 Å². The summed E-state index contributed by atoms with van der Waals surface area (Å²) in [6.07, 6.45) is 0.970. The Hall–Kier alpha value is -0.310. The van der Waals surface area contributed by atoms with Crippen LogP contribution in [0.3, 0.4) is 0 Å². The predicted octanol–water partition coefficient (Wildman–Crippen LogP) is 3.83. The maximum absolute atomic E-state index is 13.4. The molecule has 1 atom stereocenters. The van der Waals surface area contributed by atoms with E-state index in [1.54, 1.807) is 12.1 Å². The molecule has 0 heterocycles. The van der Waals surface area contributed by atoms with Gasteiger partial charge in [0.15, 0.2) is 0 Å². The van der Waals surface area contributed by atoms with E-state index in [9.17, 15) is 4.39 Å². The van der Waals surface area contributed by atoms with Crippen molar-refractivity contribution in [2.24, 2.45) is 5.92 Å². The molecule has 0 bridgehead atoms. The van der Waals surface area contributed by atoms with Crippen LogP contribution in [0.5, 0.6) is 0 Å². The van der Waals surface area contributed by atoms with E-state index in [-0.39, 0.29) is 5.82 Å². The summed E-state index contributed by atoms with van der Waals surface area (Å²) in [4.78, 5) is 0.